The number of urea groups is 1. The lowest BCUT2D eigenvalue weighted by Crippen LogP contribution is -2.20. The maximum Gasteiger partial charge on any atom is 0.348 e. The lowest BCUT2D eigenvalue weighted by atomic mass is 10.1. The number of hydrogen-bond donors (Lipinski definition) is 1. The molecule has 0 saturated carbocycles. The van der Waals surface area contributed by atoms with Crippen molar-refractivity contribution in [3.8, 4) is 11.8 Å². The number of nitro benzene ring substituents is 1. The molecule has 1 aromatic heterocycles. The Bertz CT molecular complexity index is 1230. The Kier molecular flexibility index (Phi) is 8.85. The van der Waals surface area contributed by atoms with Crippen molar-refractivity contribution in [1.29, 1.82) is 0 Å². The van der Waals surface area contributed by atoms with Gasteiger partial charge in [0.2, 0.25) is 5.90 Å². The zero-order valence-electron chi connectivity index (χ0n) is 19.4. The number of nitrogens with zero attached hydrogens (tertiary/aromatic N) is 4. The van der Waals surface area contributed by atoms with Gasteiger partial charge < -0.3 is 14.8 Å². The summed E-state index contributed by atoms with van der Waals surface area (Å²) >= 11 is 3.27. The van der Waals surface area contributed by atoms with Crippen LogP contribution in [0.3, 0.4) is 0 Å². The standard InChI is InChI=1S/C24H24BrN5O5/c1-4-7-16(3)34-22(19-8-5-6-9-20(19)30(32)33)29-23(31)28-18-10-11-21(15(2)12-18)35-24-26-13-17(25)14-27-24/h5-6,8-14,16H,4,7H2,1-3H3,(H,28,31)/b29-22+. The lowest BCUT2D eigenvalue weighted by molar-refractivity contribution is -0.385. The average Bonchev–Trinajstić information content (AvgIpc) is 2.82. The highest BCUT2D eigenvalue weighted by molar-refractivity contribution is 9.10. The number of ether oxygens (including phenoxy) is 2. The molecule has 0 radical (unpaired) electrons. The van der Waals surface area contributed by atoms with Crippen LogP contribution in [0.15, 0.2) is 64.3 Å². The molecule has 1 atom stereocenters. The maximum absolute atomic E-state index is 12.7. The largest absolute Gasteiger partial charge is 0.474 e. The van der Waals surface area contributed by atoms with Gasteiger partial charge in [0.15, 0.2) is 0 Å². The van der Waals surface area contributed by atoms with Gasteiger partial charge in [-0.3, -0.25) is 10.1 Å². The molecule has 0 aliphatic rings. The average molecular weight is 542 g/mol. The number of hydrogen-bond acceptors (Lipinski definition) is 7. The molecule has 3 aromatic rings. The Labute approximate surface area is 210 Å². The Morgan fingerprint density at radius 1 is 1.23 bits per heavy atom. The fourth-order valence-electron chi connectivity index (χ4n) is 3.16. The van der Waals surface area contributed by atoms with E-state index < -0.39 is 11.0 Å². The summed E-state index contributed by atoms with van der Waals surface area (Å²) in [7, 11) is 0. The van der Waals surface area contributed by atoms with Gasteiger partial charge in [-0.2, -0.15) is 4.99 Å². The molecule has 1 unspecified atom stereocenters. The lowest BCUT2D eigenvalue weighted by Gasteiger charge is -2.16. The summed E-state index contributed by atoms with van der Waals surface area (Å²) in [5.74, 6) is 0.408. The molecule has 35 heavy (non-hydrogen) atoms. The minimum Gasteiger partial charge on any atom is -0.474 e. The Morgan fingerprint density at radius 3 is 2.60 bits per heavy atom. The summed E-state index contributed by atoms with van der Waals surface area (Å²) in [6, 6.07) is 10.5. The van der Waals surface area contributed by atoms with Crippen molar-refractivity contribution in [2.45, 2.75) is 39.7 Å². The van der Waals surface area contributed by atoms with Crippen molar-refractivity contribution in [3.63, 3.8) is 0 Å². The molecule has 0 saturated heterocycles. The highest BCUT2D eigenvalue weighted by atomic mass is 79.9. The first kappa shape index (κ1) is 25.8. The number of nitrogens with one attached hydrogen (secondary N) is 1. The Morgan fingerprint density at radius 2 is 1.94 bits per heavy atom. The summed E-state index contributed by atoms with van der Waals surface area (Å²) in [6.07, 6.45) is 4.40. The minimum atomic E-state index is -0.730. The van der Waals surface area contributed by atoms with Crippen molar-refractivity contribution in [3.05, 3.63) is 80.6 Å². The molecule has 10 nitrogen and oxygen atoms in total. The number of para-hydroxylation sites is 1. The number of aliphatic imine (C=N–C) groups is 1. The Hall–Kier alpha value is -3.86. The molecule has 0 bridgehead atoms. The summed E-state index contributed by atoms with van der Waals surface area (Å²) in [5.41, 5.74) is 1.12. The predicted molar refractivity (Wildman–Crippen MR) is 135 cm³/mol. The van der Waals surface area contributed by atoms with Crippen molar-refractivity contribution in [1.82, 2.24) is 9.97 Å². The van der Waals surface area contributed by atoms with Gasteiger partial charge in [-0.25, -0.2) is 14.8 Å². The summed E-state index contributed by atoms with van der Waals surface area (Å²) in [4.78, 5) is 35.9. The van der Waals surface area contributed by atoms with Crippen molar-refractivity contribution in [2.75, 3.05) is 5.32 Å². The van der Waals surface area contributed by atoms with E-state index in [1.54, 1.807) is 49.6 Å². The fourth-order valence-corrected chi connectivity index (χ4v) is 3.36. The number of aromatic nitrogens is 2. The van der Waals surface area contributed by atoms with Gasteiger partial charge in [-0.1, -0.05) is 25.5 Å². The smallest absolute Gasteiger partial charge is 0.348 e. The fraction of sp³-hybridized carbons (Fsp3) is 0.250. The predicted octanol–water partition coefficient (Wildman–Crippen LogP) is 6.43. The quantitative estimate of drug-likeness (QED) is 0.150. The van der Waals surface area contributed by atoms with Gasteiger partial charge in [0, 0.05) is 24.1 Å². The molecular weight excluding hydrogens is 518 g/mol. The number of carbonyl (C=O) groups excluding carboxylic acids is 1. The normalized spacial score (nSPS) is 12.1. The van der Waals surface area contributed by atoms with Crippen LogP contribution in [-0.4, -0.2) is 32.9 Å². The third-order valence-corrected chi connectivity index (χ3v) is 5.18. The molecule has 2 amide bonds. The van der Waals surface area contributed by atoms with Gasteiger partial charge in [0.1, 0.15) is 11.3 Å². The second kappa shape index (κ2) is 12.0. The van der Waals surface area contributed by atoms with E-state index in [0.717, 1.165) is 16.5 Å². The Balaban J connectivity index is 1.82. The third-order valence-electron chi connectivity index (χ3n) is 4.77. The number of amides is 2. The molecule has 0 spiro atoms. The topological polar surface area (TPSA) is 129 Å². The number of rotatable bonds is 8. The molecule has 2 aromatic carbocycles. The van der Waals surface area contributed by atoms with Crippen LogP contribution < -0.4 is 10.1 Å². The van der Waals surface area contributed by atoms with E-state index >= 15 is 0 Å². The zero-order valence-corrected chi connectivity index (χ0v) is 21.0. The molecule has 0 aliphatic heterocycles. The van der Waals surface area contributed by atoms with Crippen LogP contribution in [0.25, 0.3) is 0 Å². The first-order valence-corrected chi connectivity index (χ1v) is 11.6. The molecule has 182 valence electrons. The second-order valence-corrected chi connectivity index (χ2v) is 8.52. The van der Waals surface area contributed by atoms with Gasteiger partial charge in [-0.15, -0.1) is 0 Å². The third kappa shape index (κ3) is 7.31. The zero-order chi connectivity index (χ0) is 25.4. The molecule has 11 heteroatoms. The first-order valence-electron chi connectivity index (χ1n) is 10.8. The monoisotopic (exact) mass is 541 g/mol. The van der Waals surface area contributed by atoms with E-state index in [2.05, 4.69) is 36.2 Å². The van der Waals surface area contributed by atoms with Gasteiger partial charge >= 0.3 is 12.0 Å². The maximum atomic E-state index is 12.7. The number of benzene rings is 2. The molecule has 0 aliphatic carbocycles. The van der Waals surface area contributed by atoms with Crippen molar-refractivity contribution in [2.24, 2.45) is 4.99 Å². The van der Waals surface area contributed by atoms with Crippen LogP contribution in [0.2, 0.25) is 0 Å². The van der Waals surface area contributed by atoms with Gasteiger partial charge in [0.05, 0.1) is 15.5 Å². The van der Waals surface area contributed by atoms with Crippen LogP contribution in [0.5, 0.6) is 11.8 Å². The van der Waals surface area contributed by atoms with E-state index in [4.69, 9.17) is 9.47 Å². The summed E-state index contributed by atoms with van der Waals surface area (Å²) < 4.78 is 12.3. The molecular formula is C24H24BrN5O5. The van der Waals surface area contributed by atoms with E-state index in [0.29, 0.717) is 17.9 Å². The van der Waals surface area contributed by atoms with Crippen molar-refractivity contribution >= 4 is 39.2 Å². The number of carbonyl (C=O) groups is 1. The first-order chi connectivity index (χ1) is 16.8. The summed E-state index contributed by atoms with van der Waals surface area (Å²) in [6.45, 7) is 5.62. The van der Waals surface area contributed by atoms with Gasteiger partial charge in [-0.05, 0) is 66.0 Å². The van der Waals surface area contributed by atoms with E-state index in [9.17, 15) is 14.9 Å². The second-order valence-electron chi connectivity index (χ2n) is 7.60. The number of nitro groups is 1. The molecule has 0 fully saturated rings. The molecule has 1 heterocycles. The van der Waals surface area contributed by atoms with Gasteiger partial charge in [0.25, 0.3) is 5.69 Å². The van der Waals surface area contributed by atoms with Crippen LogP contribution in [-0.2, 0) is 4.74 Å². The minimum absolute atomic E-state index is 0.111. The molecule has 3 rings (SSSR count). The van der Waals surface area contributed by atoms with Crippen LogP contribution in [0.4, 0.5) is 16.2 Å². The van der Waals surface area contributed by atoms with E-state index in [-0.39, 0.29) is 29.3 Å². The van der Waals surface area contributed by atoms with Crippen LogP contribution >= 0.6 is 15.9 Å². The van der Waals surface area contributed by atoms with Crippen LogP contribution in [0, 0.1) is 17.0 Å². The van der Waals surface area contributed by atoms with E-state index in [1.165, 1.54) is 12.1 Å². The number of halogens is 1. The summed E-state index contributed by atoms with van der Waals surface area (Å²) in [5, 5.41) is 14.2. The van der Waals surface area contributed by atoms with Crippen molar-refractivity contribution < 1.29 is 19.2 Å². The number of anilines is 1. The highest BCUT2D eigenvalue weighted by Gasteiger charge is 2.22. The highest BCUT2D eigenvalue weighted by Crippen LogP contribution is 2.26. The van der Waals surface area contributed by atoms with Crippen LogP contribution in [0.1, 0.15) is 37.8 Å². The number of aryl methyl sites for hydroxylation is 1. The SMILES string of the molecule is CCCC(C)O/C(=N/C(=O)Nc1ccc(Oc2ncc(Br)cn2)c(C)c1)c1ccccc1[N+](=O)[O-]. The van der Waals surface area contributed by atoms with E-state index in [1.807, 2.05) is 13.8 Å². The molecule has 1 N–H and O–H groups in total.